The second kappa shape index (κ2) is 7.70. The number of anilines is 3. The van der Waals surface area contributed by atoms with E-state index >= 15 is 0 Å². The molecule has 0 aliphatic carbocycles. The number of halogens is 2. The van der Waals surface area contributed by atoms with Crippen LogP contribution in [0.25, 0.3) is 0 Å². The van der Waals surface area contributed by atoms with Crippen LogP contribution < -0.4 is 10.2 Å². The third kappa shape index (κ3) is 4.09. The average Bonchev–Trinajstić information content (AvgIpc) is 2.64. The van der Waals surface area contributed by atoms with Gasteiger partial charge in [-0.2, -0.15) is 4.98 Å². The summed E-state index contributed by atoms with van der Waals surface area (Å²) < 4.78 is 27.6. The Morgan fingerprint density at radius 1 is 0.960 bits per heavy atom. The van der Waals surface area contributed by atoms with Crippen molar-refractivity contribution < 1.29 is 8.78 Å². The number of aromatic nitrogens is 2. The minimum Gasteiger partial charge on any atom is -0.352 e. The zero-order valence-corrected chi connectivity index (χ0v) is 13.8. The molecule has 0 radical (unpaired) electrons. The molecule has 0 aliphatic rings. The third-order valence-corrected chi connectivity index (χ3v) is 3.76. The molecule has 3 rings (SSSR count). The van der Waals surface area contributed by atoms with Gasteiger partial charge < -0.3 is 10.2 Å². The van der Waals surface area contributed by atoms with Crippen molar-refractivity contribution in [2.24, 2.45) is 0 Å². The Hall–Kier alpha value is -3.02. The van der Waals surface area contributed by atoms with E-state index in [1.807, 2.05) is 37.3 Å². The van der Waals surface area contributed by atoms with Crippen molar-refractivity contribution in [2.45, 2.75) is 13.5 Å². The predicted octanol–water partition coefficient (Wildman–Crippen LogP) is 4.52. The molecule has 0 saturated carbocycles. The highest BCUT2D eigenvalue weighted by Crippen LogP contribution is 2.22. The van der Waals surface area contributed by atoms with Crippen LogP contribution in [0.1, 0.15) is 12.5 Å². The highest BCUT2D eigenvalue weighted by atomic mass is 19.1. The number of nitrogens with zero attached hydrogens (tertiary/aromatic N) is 3. The lowest BCUT2D eigenvalue weighted by atomic mass is 10.2. The van der Waals surface area contributed by atoms with E-state index in [0.29, 0.717) is 12.4 Å². The smallest absolute Gasteiger partial charge is 0.229 e. The van der Waals surface area contributed by atoms with Gasteiger partial charge in [-0.3, -0.25) is 0 Å². The van der Waals surface area contributed by atoms with Crippen molar-refractivity contribution in [3.05, 3.63) is 78.0 Å². The number of rotatable bonds is 6. The van der Waals surface area contributed by atoms with Gasteiger partial charge in [0, 0.05) is 19.3 Å². The summed E-state index contributed by atoms with van der Waals surface area (Å²) in [6.07, 6.45) is 1.57. The fraction of sp³-hybridized carbons (Fsp3) is 0.158. The van der Waals surface area contributed by atoms with Crippen LogP contribution in [0, 0.1) is 11.6 Å². The van der Waals surface area contributed by atoms with E-state index < -0.39 is 11.6 Å². The van der Waals surface area contributed by atoms with Crippen molar-refractivity contribution in [2.75, 3.05) is 16.8 Å². The van der Waals surface area contributed by atoms with E-state index in [4.69, 9.17) is 0 Å². The molecule has 0 spiro atoms. The zero-order chi connectivity index (χ0) is 17.6. The van der Waals surface area contributed by atoms with Crippen LogP contribution >= 0.6 is 0 Å². The molecule has 6 heteroatoms. The second-order valence-electron chi connectivity index (χ2n) is 5.46. The van der Waals surface area contributed by atoms with E-state index in [2.05, 4.69) is 20.2 Å². The first-order valence-corrected chi connectivity index (χ1v) is 8.00. The van der Waals surface area contributed by atoms with Crippen LogP contribution in [0.4, 0.5) is 26.2 Å². The molecule has 1 heterocycles. The molecule has 3 aromatic rings. The first kappa shape index (κ1) is 16.8. The lowest BCUT2D eigenvalue weighted by Gasteiger charge is -2.22. The molecule has 128 valence electrons. The Bertz CT molecular complexity index is 820. The maximum absolute atomic E-state index is 13.8. The van der Waals surface area contributed by atoms with Gasteiger partial charge in [0.15, 0.2) is 0 Å². The SMILES string of the molecule is CCN(Cc1ccccc1)c1ccnc(Nc2c(F)cccc2F)n1. The summed E-state index contributed by atoms with van der Waals surface area (Å²) in [7, 11) is 0. The molecule has 0 amide bonds. The highest BCUT2D eigenvalue weighted by Gasteiger charge is 2.12. The molecule has 0 bridgehead atoms. The summed E-state index contributed by atoms with van der Waals surface area (Å²) in [6.45, 7) is 3.44. The molecule has 0 fully saturated rings. The molecule has 0 aliphatic heterocycles. The van der Waals surface area contributed by atoms with E-state index in [1.54, 1.807) is 12.3 Å². The number of hydrogen-bond donors (Lipinski definition) is 1. The molecular formula is C19H18F2N4. The van der Waals surface area contributed by atoms with Crippen molar-refractivity contribution in [3.63, 3.8) is 0 Å². The van der Waals surface area contributed by atoms with Crippen molar-refractivity contribution >= 4 is 17.5 Å². The maximum atomic E-state index is 13.8. The second-order valence-corrected chi connectivity index (χ2v) is 5.46. The van der Waals surface area contributed by atoms with Gasteiger partial charge in [-0.1, -0.05) is 36.4 Å². The normalized spacial score (nSPS) is 10.5. The third-order valence-electron chi connectivity index (χ3n) is 3.76. The fourth-order valence-corrected chi connectivity index (χ4v) is 2.47. The molecule has 0 atom stereocenters. The van der Waals surface area contributed by atoms with Crippen molar-refractivity contribution in [3.8, 4) is 0 Å². The van der Waals surface area contributed by atoms with Gasteiger partial charge >= 0.3 is 0 Å². The van der Waals surface area contributed by atoms with Crippen molar-refractivity contribution in [1.82, 2.24) is 9.97 Å². The van der Waals surface area contributed by atoms with Crippen LogP contribution in [-0.2, 0) is 6.54 Å². The van der Waals surface area contributed by atoms with Gasteiger partial charge in [-0.25, -0.2) is 13.8 Å². The fourth-order valence-electron chi connectivity index (χ4n) is 2.47. The molecule has 4 nitrogen and oxygen atoms in total. The Morgan fingerprint density at radius 3 is 2.36 bits per heavy atom. The summed E-state index contributed by atoms with van der Waals surface area (Å²) in [5, 5.41) is 2.62. The van der Waals surface area contributed by atoms with Gasteiger partial charge in [0.05, 0.1) is 0 Å². The lowest BCUT2D eigenvalue weighted by molar-refractivity contribution is 0.590. The Labute approximate surface area is 145 Å². The lowest BCUT2D eigenvalue weighted by Crippen LogP contribution is -2.23. The highest BCUT2D eigenvalue weighted by molar-refractivity contribution is 5.56. The minimum atomic E-state index is -0.689. The van der Waals surface area contributed by atoms with Crippen molar-refractivity contribution in [1.29, 1.82) is 0 Å². The number of para-hydroxylation sites is 1. The quantitative estimate of drug-likeness (QED) is 0.716. The number of hydrogen-bond acceptors (Lipinski definition) is 4. The van der Waals surface area contributed by atoms with Gasteiger partial charge in [0.25, 0.3) is 0 Å². The molecule has 0 unspecified atom stereocenters. The Morgan fingerprint density at radius 2 is 1.68 bits per heavy atom. The van der Waals surface area contributed by atoms with E-state index in [1.165, 1.54) is 18.2 Å². The zero-order valence-electron chi connectivity index (χ0n) is 13.8. The number of nitrogens with one attached hydrogen (secondary N) is 1. The predicted molar refractivity (Wildman–Crippen MR) is 94.8 cm³/mol. The largest absolute Gasteiger partial charge is 0.352 e. The summed E-state index contributed by atoms with van der Waals surface area (Å²) >= 11 is 0. The molecule has 1 N–H and O–H groups in total. The Kier molecular flexibility index (Phi) is 5.18. The molecular weight excluding hydrogens is 322 g/mol. The van der Waals surface area contributed by atoms with E-state index in [-0.39, 0.29) is 11.6 Å². The van der Waals surface area contributed by atoms with Gasteiger partial charge in [0.1, 0.15) is 23.1 Å². The maximum Gasteiger partial charge on any atom is 0.229 e. The standard InChI is InChI=1S/C19H18F2N4/c1-2-25(13-14-7-4-3-5-8-14)17-11-12-22-19(23-17)24-18-15(20)9-6-10-16(18)21/h3-12H,2,13H2,1H3,(H,22,23,24). The summed E-state index contributed by atoms with van der Waals surface area (Å²) in [4.78, 5) is 10.5. The molecule has 0 saturated heterocycles. The Balaban J connectivity index is 1.83. The van der Waals surface area contributed by atoms with Crippen LogP contribution in [0.5, 0.6) is 0 Å². The first-order chi connectivity index (χ1) is 12.2. The number of benzene rings is 2. The molecule has 1 aromatic heterocycles. The monoisotopic (exact) mass is 340 g/mol. The molecule has 25 heavy (non-hydrogen) atoms. The van der Waals surface area contributed by atoms with Crippen LogP contribution in [0.15, 0.2) is 60.8 Å². The first-order valence-electron chi connectivity index (χ1n) is 8.00. The van der Waals surface area contributed by atoms with E-state index in [0.717, 1.165) is 12.1 Å². The van der Waals surface area contributed by atoms with Gasteiger partial charge in [-0.05, 0) is 30.7 Å². The molecule has 2 aromatic carbocycles. The summed E-state index contributed by atoms with van der Waals surface area (Å²) in [5.74, 6) is -0.551. The van der Waals surface area contributed by atoms with Crippen LogP contribution in [-0.4, -0.2) is 16.5 Å². The van der Waals surface area contributed by atoms with Gasteiger partial charge in [-0.15, -0.1) is 0 Å². The minimum absolute atomic E-state index is 0.146. The summed E-state index contributed by atoms with van der Waals surface area (Å²) in [6, 6.07) is 15.5. The summed E-state index contributed by atoms with van der Waals surface area (Å²) in [5.41, 5.74) is 0.892. The van der Waals surface area contributed by atoms with E-state index in [9.17, 15) is 8.78 Å². The van der Waals surface area contributed by atoms with Gasteiger partial charge in [0.2, 0.25) is 5.95 Å². The van der Waals surface area contributed by atoms with Crippen LogP contribution in [0.3, 0.4) is 0 Å². The average molecular weight is 340 g/mol. The van der Waals surface area contributed by atoms with Crippen LogP contribution in [0.2, 0.25) is 0 Å². The topological polar surface area (TPSA) is 41.1 Å².